The van der Waals surface area contributed by atoms with Crippen molar-refractivity contribution in [2.24, 2.45) is 0 Å². The second-order valence-corrected chi connectivity index (χ2v) is 7.37. The van der Waals surface area contributed by atoms with Crippen LogP contribution in [0, 0.1) is 20.2 Å². The van der Waals surface area contributed by atoms with Crippen molar-refractivity contribution in [1.29, 1.82) is 0 Å². The molecule has 2 aromatic rings. The van der Waals surface area contributed by atoms with Crippen molar-refractivity contribution in [3.8, 4) is 11.5 Å². The van der Waals surface area contributed by atoms with Crippen LogP contribution in [0.2, 0.25) is 0 Å². The number of nitro benzene ring substituents is 2. The van der Waals surface area contributed by atoms with Crippen LogP contribution in [0.15, 0.2) is 47.4 Å². The van der Waals surface area contributed by atoms with Gasteiger partial charge in [-0.3, -0.25) is 39.5 Å². The molecule has 0 spiro atoms. The summed E-state index contributed by atoms with van der Waals surface area (Å²) in [5.41, 5.74) is -0.779. The molecule has 1 saturated heterocycles. The topological polar surface area (TPSA) is 159 Å². The second kappa shape index (κ2) is 9.91. The Labute approximate surface area is 190 Å². The first kappa shape index (κ1) is 23.4. The molecule has 33 heavy (non-hydrogen) atoms. The van der Waals surface area contributed by atoms with E-state index in [2.05, 4.69) is 0 Å². The van der Waals surface area contributed by atoms with Crippen molar-refractivity contribution < 1.29 is 33.7 Å². The van der Waals surface area contributed by atoms with Crippen molar-refractivity contribution in [2.75, 3.05) is 13.2 Å². The molecule has 12 nitrogen and oxygen atoms in total. The van der Waals surface area contributed by atoms with Gasteiger partial charge in [0.1, 0.15) is 12.3 Å². The second-order valence-electron chi connectivity index (χ2n) is 6.38. The molecule has 170 valence electrons. The van der Waals surface area contributed by atoms with Crippen molar-refractivity contribution in [1.82, 2.24) is 4.90 Å². The fourth-order valence-corrected chi connectivity index (χ4v) is 3.60. The number of benzene rings is 2. The highest BCUT2D eigenvalue weighted by Crippen LogP contribution is 2.38. The summed E-state index contributed by atoms with van der Waals surface area (Å²) in [5.74, 6) is -1.57. The van der Waals surface area contributed by atoms with Gasteiger partial charge in [0.2, 0.25) is 5.75 Å². The van der Waals surface area contributed by atoms with Crippen LogP contribution < -0.4 is 4.74 Å². The molecule has 0 saturated carbocycles. The monoisotopic (exact) mass is 473 g/mol. The zero-order valence-electron chi connectivity index (χ0n) is 17.0. The van der Waals surface area contributed by atoms with E-state index in [0.717, 1.165) is 23.1 Å². The molecule has 0 aromatic heterocycles. The number of rotatable bonds is 8. The van der Waals surface area contributed by atoms with Gasteiger partial charge in [0.05, 0.1) is 27.4 Å². The van der Waals surface area contributed by atoms with E-state index in [1.807, 2.05) is 0 Å². The number of ether oxygens (including phenoxy) is 2. The predicted molar refractivity (Wildman–Crippen MR) is 116 cm³/mol. The van der Waals surface area contributed by atoms with Gasteiger partial charge in [-0.15, -0.1) is 0 Å². The maximum absolute atomic E-state index is 12.6. The van der Waals surface area contributed by atoms with Crippen molar-refractivity contribution in [2.45, 2.75) is 6.92 Å². The van der Waals surface area contributed by atoms with Gasteiger partial charge in [0, 0.05) is 11.6 Å². The van der Waals surface area contributed by atoms with Crippen LogP contribution in [0.5, 0.6) is 11.5 Å². The Kier molecular flexibility index (Phi) is 7.03. The molecule has 0 radical (unpaired) electrons. The van der Waals surface area contributed by atoms with E-state index in [1.54, 1.807) is 25.1 Å². The average molecular weight is 473 g/mol. The SMILES string of the molecule is CCOC(=O)CN1C(=O)S/C(=C\c2ccccc2Oc2ccc([N+](=O)[O-])cc2[N+](=O)[O-])C1=O. The minimum Gasteiger partial charge on any atom is -0.465 e. The van der Waals surface area contributed by atoms with Crippen molar-refractivity contribution >= 4 is 46.3 Å². The summed E-state index contributed by atoms with van der Waals surface area (Å²) in [5, 5.41) is 21.6. The number of nitro groups is 2. The average Bonchev–Trinajstić information content (AvgIpc) is 3.02. The number of non-ortho nitro benzene ring substituents is 1. The number of hydrogen-bond donors (Lipinski definition) is 0. The quantitative estimate of drug-likeness (QED) is 0.238. The van der Waals surface area contributed by atoms with Crippen LogP contribution in [-0.4, -0.2) is 45.0 Å². The van der Waals surface area contributed by atoms with E-state index in [-0.39, 0.29) is 23.0 Å². The van der Waals surface area contributed by atoms with Crippen molar-refractivity contribution in [3.05, 3.63) is 73.2 Å². The molecule has 1 heterocycles. The standard InChI is InChI=1S/C20H15N3O9S/c1-2-31-18(24)11-21-19(25)17(33-20(21)26)9-12-5-3-4-6-15(12)32-16-8-7-13(22(27)28)10-14(16)23(29)30/h3-10H,2,11H2,1H3/b17-9-. The summed E-state index contributed by atoms with van der Waals surface area (Å²) in [6.07, 6.45) is 1.35. The molecule has 1 aliphatic rings. The van der Waals surface area contributed by atoms with Gasteiger partial charge in [-0.2, -0.15) is 0 Å². The summed E-state index contributed by atoms with van der Waals surface area (Å²) in [7, 11) is 0. The van der Waals surface area contributed by atoms with Gasteiger partial charge < -0.3 is 9.47 Å². The zero-order valence-corrected chi connectivity index (χ0v) is 17.8. The molecule has 1 fully saturated rings. The number of hydrogen-bond acceptors (Lipinski definition) is 10. The van der Waals surface area contributed by atoms with Crippen LogP contribution in [0.25, 0.3) is 6.08 Å². The molecule has 3 rings (SSSR count). The maximum Gasteiger partial charge on any atom is 0.326 e. The van der Waals surface area contributed by atoms with E-state index in [1.165, 1.54) is 12.1 Å². The van der Waals surface area contributed by atoms with Gasteiger partial charge in [0.15, 0.2) is 0 Å². The maximum atomic E-state index is 12.6. The first-order chi connectivity index (χ1) is 15.7. The Morgan fingerprint density at radius 3 is 2.48 bits per heavy atom. The van der Waals surface area contributed by atoms with Crippen LogP contribution in [-0.2, 0) is 14.3 Å². The van der Waals surface area contributed by atoms with Crippen molar-refractivity contribution in [3.63, 3.8) is 0 Å². The van der Waals surface area contributed by atoms with Gasteiger partial charge in [-0.05, 0) is 36.9 Å². The number of esters is 1. The summed E-state index contributed by atoms with van der Waals surface area (Å²) in [6.45, 7) is 1.17. The van der Waals surface area contributed by atoms with Gasteiger partial charge in [-0.1, -0.05) is 18.2 Å². The van der Waals surface area contributed by atoms with Crippen LogP contribution in [0.1, 0.15) is 12.5 Å². The Morgan fingerprint density at radius 2 is 1.82 bits per heavy atom. The highest BCUT2D eigenvalue weighted by Gasteiger charge is 2.36. The fraction of sp³-hybridized carbons (Fsp3) is 0.150. The molecular weight excluding hydrogens is 458 g/mol. The van der Waals surface area contributed by atoms with Gasteiger partial charge in [-0.25, -0.2) is 0 Å². The number of imide groups is 1. The summed E-state index contributed by atoms with van der Waals surface area (Å²) in [6, 6.07) is 9.15. The fourth-order valence-electron chi connectivity index (χ4n) is 2.77. The Hall–Kier alpha value is -4.26. The van der Waals surface area contributed by atoms with E-state index in [4.69, 9.17) is 9.47 Å². The van der Waals surface area contributed by atoms with E-state index < -0.39 is 44.9 Å². The lowest BCUT2D eigenvalue weighted by Gasteiger charge is -2.11. The first-order valence-corrected chi connectivity index (χ1v) is 10.1. The number of para-hydroxylation sites is 1. The molecule has 0 N–H and O–H groups in total. The Balaban J connectivity index is 1.91. The summed E-state index contributed by atoms with van der Waals surface area (Å²) >= 11 is 0.617. The van der Waals surface area contributed by atoms with E-state index >= 15 is 0 Å². The normalized spacial score (nSPS) is 14.5. The number of amides is 2. The van der Waals surface area contributed by atoms with Crippen LogP contribution in [0.4, 0.5) is 16.2 Å². The summed E-state index contributed by atoms with van der Waals surface area (Å²) in [4.78, 5) is 57.9. The lowest BCUT2D eigenvalue weighted by atomic mass is 10.1. The molecule has 0 unspecified atom stereocenters. The molecule has 0 atom stereocenters. The van der Waals surface area contributed by atoms with E-state index in [0.29, 0.717) is 17.3 Å². The summed E-state index contributed by atoms with van der Waals surface area (Å²) < 4.78 is 10.4. The van der Waals surface area contributed by atoms with Gasteiger partial charge >= 0.3 is 11.7 Å². The molecule has 1 aliphatic heterocycles. The number of carbonyl (C=O) groups is 3. The number of nitrogens with zero attached hydrogens (tertiary/aromatic N) is 3. The Morgan fingerprint density at radius 1 is 1.09 bits per heavy atom. The number of carbonyl (C=O) groups excluding carboxylic acids is 3. The molecule has 0 aliphatic carbocycles. The van der Waals surface area contributed by atoms with Crippen LogP contribution >= 0.6 is 11.8 Å². The molecule has 2 aromatic carbocycles. The zero-order chi connectivity index (χ0) is 24.1. The van der Waals surface area contributed by atoms with Crippen LogP contribution in [0.3, 0.4) is 0 Å². The third-order valence-corrected chi connectivity index (χ3v) is 5.15. The lowest BCUT2D eigenvalue weighted by molar-refractivity contribution is -0.394. The molecule has 0 bridgehead atoms. The highest BCUT2D eigenvalue weighted by atomic mass is 32.2. The lowest BCUT2D eigenvalue weighted by Crippen LogP contribution is -2.34. The minimum atomic E-state index is -0.814. The number of thioether (sulfide) groups is 1. The molecule has 2 amide bonds. The van der Waals surface area contributed by atoms with E-state index in [9.17, 15) is 34.6 Å². The first-order valence-electron chi connectivity index (χ1n) is 9.32. The smallest absolute Gasteiger partial charge is 0.326 e. The molecule has 13 heteroatoms. The van der Waals surface area contributed by atoms with Gasteiger partial charge in [0.25, 0.3) is 16.8 Å². The minimum absolute atomic E-state index is 0.0125. The predicted octanol–water partition coefficient (Wildman–Crippen LogP) is 3.89. The molecular formula is C20H15N3O9S. The highest BCUT2D eigenvalue weighted by molar-refractivity contribution is 8.18. The Bertz CT molecular complexity index is 1200. The largest absolute Gasteiger partial charge is 0.465 e. The third kappa shape index (κ3) is 5.33. The third-order valence-electron chi connectivity index (χ3n) is 4.24.